The van der Waals surface area contributed by atoms with Crippen LogP contribution in [0.15, 0.2) is 72.8 Å². The Labute approximate surface area is 211 Å². The Bertz CT molecular complexity index is 1180. The van der Waals surface area contributed by atoms with E-state index in [0.717, 1.165) is 34.1 Å². The summed E-state index contributed by atoms with van der Waals surface area (Å²) >= 11 is 0. The van der Waals surface area contributed by atoms with Crippen LogP contribution in [0.4, 0.5) is 5.69 Å². The molecule has 1 saturated heterocycles. The number of hydrogen-bond acceptors (Lipinski definition) is 6. The highest BCUT2D eigenvalue weighted by atomic mass is 16.6. The summed E-state index contributed by atoms with van der Waals surface area (Å²) in [4.78, 5) is 14.8. The lowest BCUT2D eigenvalue weighted by Crippen LogP contribution is -2.47. The van der Waals surface area contributed by atoms with Crippen LogP contribution in [-0.2, 0) is 16.1 Å². The van der Waals surface area contributed by atoms with Crippen molar-refractivity contribution in [3.05, 3.63) is 83.9 Å². The van der Waals surface area contributed by atoms with Crippen molar-refractivity contribution < 1.29 is 24.1 Å². The molecule has 4 atom stereocenters. The molecule has 0 unspecified atom stereocenters. The molecule has 0 aliphatic carbocycles. The van der Waals surface area contributed by atoms with Crippen LogP contribution in [0.25, 0.3) is 0 Å². The van der Waals surface area contributed by atoms with Gasteiger partial charge in [-0.1, -0.05) is 30.3 Å². The molecule has 3 aromatic carbocycles. The molecule has 0 radical (unpaired) electrons. The molecule has 2 heterocycles. The Morgan fingerprint density at radius 3 is 2.53 bits per heavy atom. The summed E-state index contributed by atoms with van der Waals surface area (Å²) < 4.78 is 18.1. The third-order valence-electron chi connectivity index (χ3n) is 6.80. The molecule has 3 aromatic rings. The fraction of sp³-hybridized carbons (Fsp3) is 0.345. The molecule has 7 nitrogen and oxygen atoms in total. The van der Waals surface area contributed by atoms with Gasteiger partial charge in [0.15, 0.2) is 0 Å². The van der Waals surface area contributed by atoms with Gasteiger partial charge in [-0.2, -0.15) is 0 Å². The number of aliphatic hydroxyl groups is 1. The van der Waals surface area contributed by atoms with Crippen molar-refractivity contribution in [3.8, 4) is 17.2 Å². The maximum Gasteiger partial charge on any atom is 0.222 e. The number of para-hydroxylation sites is 1. The van der Waals surface area contributed by atoms with Crippen molar-refractivity contribution in [2.75, 3.05) is 25.6 Å². The molecule has 2 aliphatic heterocycles. The Hall–Kier alpha value is -3.55. The number of benzene rings is 3. The Morgan fingerprint density at radius 2 is 1.81 bits per heavy atom. The van der Waals surface area contributed by atoms with Crippen LogP contribution in [0.5, 0.6) is 17.2 Å². The average Bonchev–Trinajstić information content (AvgIpc) is 3.26. The molecule has 5 rings (SSSR count). The summed E-state index contributed by atoms with van der Waals surface area (Å²) in [5, 5.41) is 12.9. The third-order valence-corrected chi connectivity index (χ3v) is 6.80. The monoisotopic (exact) mass is 488 g/mol. The third kappa shape index (κ3) is 5.32. The van der Waals surface area contributed by atoms with Gasteiger partial charge in [0.05, 0.1) is 19.1 Å². The van der Waals surface area contributed by atoms with Gasteiger partial charge in [0.2, 0.25) is 5.91 Å². The average molecular weight is 489 g/mol. The first-order valence-electron chi connectivity index (χ1n) is 12.3. The molecule has 2 N–H and O–H groups in total. The maximum atomic E-state index is 12.8. The van der Waals surface area contributed by atoms with Crippen LogP contribution in [0.3, 0.4) is 0 Å². The summed E-state index contributed by atoms with van der Waals surface area (Å²) in [5.74, 6) is 2.36. The Balaban J connectivity index is 1.17. The van der Waals surface area contributed by atoms with Crippen molar-refractivity contribution in [3.63, 3.8) is 0 Å². The molecule has 7 heteroatoms. The molecule has 0 saturated carbocycles. The second kappa shape index (κ2) is 10.6. The van der Waals surface area contributed by atoms with Crippen LogP contribution >= 0.6 is 0 Å². The highest BCUT2D eigenvalue weighted by Crippen LogP contribution is 2.47. The van der Waals surface area contributed by atoms with E-state index in [1.165, 1.54) is 0 Å². The Morgan fingerprint density at radius 1 is 1.06 bits per heavy atom. The van der Waals surface area contributed by atoms with Gasteiger partial charge in [-0.25, -0.2) is 0 Å². The van der Waals surface area contributed by atoms with Crippen molar-refractivity contribution in [2.24, 2.45) is 0 Å². The van der Waals surface area contributed by atoms with E-state index in [0.29, 0.717) is 13.0 Å². The first-order chi connectivity index (χ1) is 17.5. The Kier molecular flexibility index (Phi) is 7.11. The van der Waals surface area contributed by atoms with E-state index in [-0.39, 0.29) is 37.1 Å². The molecule has 36 heavy (non-hydrogen) atoms. The zero-order valence-electron chi connectivity index (χ0n) is 20.6. The number of fused-ring (bicyclic) bond motifs is 3. The van der Waals surface area contributed by atoms with Crippen molar-refractivity contribution in [1.29, 1.82) is 0 Å². The number of aliphatic hydroxyl groups excluding tert-OH is 1. The summed E-state index contributed by atoms with van der Waals surface area (Å²) in [6.07, 6.45) is -0.0865. The molecule has 1 fully saturated rings. The summed E-state index contributed by atoms with van der Waals surface area (Å²) in [7, 11) is 4.01. The van der Waals surface area contributed by atoms with Crippen LogP contribution in [-0.4, -0.2) is 50.0 Å². The van der Waals surface area contributed by atoms with Crippen molar-refractivity contribution in [2.45, 2.75) is 43.6 Å². The van der Waals surface area contributed by atoms with Gasteiger partial charge < -0.3 is 29.5 Å². The van der Waals surface area contributed by atoms with E-state index in [1.807, 2.05) is 80.8 Å². The van der Waals surface area contributed by atoms with Crippen LogP contribution < -0.4 is 19.7 Å². The summed E-state index contributed by atoms with van der Waals surface area (Å²) in [5.41, 5.74) is 3.20. The second-order valence-corrected chi connectivity index (χ2v) is 9.56. The number of ether oxygens (including phenoxy) is 3. The molecule has 0 bridgehead atoms. The van der Waals surface area contributed by atoms with Crippen molar-refractivity contribution in [1.82, 2.24) is 5.32 Å². The first kappa shape index (κ1) is 24.2. The van der Waals surface area contributed by atoms with Gasteiger partial charge in [0.1, 0.15) is 29.5 Å². The predicted octanol–water partition coefficient (Wildman–Crippen LogP) is 4.25. The van der Waals surface area contributed by atoms with E-state index in [9.17, 15) is 9.90 Å². The van der Waals surface area contributed by atoms with Gasteiger partial charge >= 0.3 is 0 Å². The van der Waals surface area contributed by atoms with Gasteiger partial charge in [-0.05, 0) is 54.4 Å². The zero-order valence-corrected chi connectivity index (χ0v) is 20.6. The van der Waals surface area contributed by atoms with Gasteiger partial charge in [0, 0.05) is 37.8 Å². The largest absolute Gasteiger partial charge is 0.487 e. The number of hydrogen-bond donors (Lipinski definition) is 2. The number of rotatable bonds is 8. The van der Waals surface area contributed by atoms with E-state index in [4.69, 9.17) is 14.2 Å². The number of nitrogens with zero attached hydrogens (tertiary/aromatic N) is 1. The highest BCUT2D eigenvalue weighted by molar-refractivity contribution is 5.76. The minimum atomic E-state index is -0.464. The second-order valence-electron chi connectivity index (χ2n) is 9.56. The fourth-order valence-corrected chi connectivity index (χ4v) is 4.93. The van der Waals surface area contributed by atoms with Crippen molar-refractivity contribution >= 4 is 11.6 Å². The van der Waals surface area contributed by atoms with E-state index in [1.54, 1.807) is 0 Å². The van der Waals surface area contributed by atoms with Gasteiger partial charge in [-0.3, -0.25) is 4.79 Å². The normalized spacial score (nSPS) is 22.2. The molecule has 0 spiro atoms. The number of nitrogens with one attached hydrogen (secondary N) is 1. The van der Waals surface area contributed by atoms with E-state index in [2.05, 4.69) is 16.3 Å². The minimum Gasteiger partial charge on any atom is -0.487 e. The fourth-order valence-electron chi connectivity index (χ4n) is 4.93. The maximum absolute atomic E-state index is 12.8. The highest BCUT2D eigenvalue weighted by Gasteiger charge is 2.46. The molecule has 1 amide bonds. The molecular formula is C29H32N2O5. The minimum absolute atomic E-state index is 0.0825. The quantitative estimate of drug-likeness (QED) is 0.494. The van der Waals surface area contributed by atoms with E-state index >= 15 is 0 Å². The predicted molar refractivity (Wildman–Crippen MR) is 138 cm³/mol. The molecule has 2 aliphatic rings. The lowest BCUT2D eigenvalue weighted by Gasteiger charge is -2.37. The standard InChI is InChI=1S/C29H32N2O5/c1-31(2)20-10-13-26-24(14-20)25-15-23(35-27(18-32)29(25)36-26)16-28(33)30-17-19-8-11-22(12-9-19)34-21-6-4-3-5-7-21/h3-14,23,25,27,29,32H,15-18H2,1-2H3,(H,30,33)/t23-,25+,27+,29-/m1/s1. The van der Waals surface area contributed by atoms with Gasteiger partial charge in [-0.15, -0.1) is 0 Å². The zero-order chi connectivity index (χ0) is 25.1. The van der Waals surface area contributed by atoms with Gasteiger partial charge in [0.25, 0.3) is 0 Å². The number of carbonyl (C=O) groups is 1. The molecule has 188 valence electrons. The van der Waals surface area contributed by atoms with Crippen LogP contribution in [0, 0.1) is 0 Å². The number of carbonyl (C=O) groups excluding carboxylic acids is 1. The van der Waals surface area contributed by atoms with Crippen LogP contribution in [0.2, 0.25) is 0 Å². The number of anilines is 1. The smallest absolute Gasteiger partial charge is 0.222 e. The number of amides is 1. The SMILES string of the molecule is CN(C)c1ccc2c(c1)[C@@H]1C[C@H](CC(=O)NCc3ccc(Oc4ccccc4)cc3)O[C@@H](CO)[C@@H]1O2. The van der Waals surface area contributed by atoms with E-state index < -0.39 is 6.10 Å². The molecule has 0 aromatic heterocycles. The van der Waals surface area contributed by atoms with Crippen LogP contribution in [0.1, 0.15) is 29.9 Å². The summed E-state index contributed by atoms with van der Waals surface area (Å²) in [6, 6.07) is 23.4. The first-order valence-corrected chi connectivity index (χ1v) is 12.3. The molecular weight excluding hydrogens is 456 g/mol. The lowest BCUT2D eigenvalue weighted by molar-refractivity contribution is -0.142. The summed E-state index contributed by atoms with van der Waals surface area (Å²) in [6.45, 7) is 0.274. The topological polar surface area (TPSA) is 80.3 Å². The lowest BCUT2D eigenvalue weighted by atomic mass is 9.84.